The van der Waals surface area contributed by atoms with Crippen LogP contribution in [0.5, 0.6) is 0 Å². The van der Waals surface area contributed by atoms with Gasteiger partial charge in [-0.05, 0) is 31.9 Å². The SMILES string of the molecule is CCNC(=NCc1coc(-c2ccccc2)n1)NCC(=O)NC1CCCCC1.I. The maximum absolute atomic E-state index is 12.2. The van der Waals surface area contributed by atoms with E-state index < -0.39 is 0 Å². The number of guanidine groups is 1. The molecular formula is C21H30IN5O2. The summed E-state index contributed by atoms with van der Waals surface area (Å²) in [6, 6.07) is 10.1. The van der Waals surface area contributed by atoms with Crippen LogP contribution in [0, 0.1) is 0 Å². The fourth-order valence-electron chi connectivity index (χ4n) is 3.28. The summed E-state index contributed by atoms with van der Waals surface area (Å²) < 4.78 is 5.54. The lowest BCUT2D eigenvalue weighted by atomic mass is 9.95. The highest BCUT2D eigenvalue weighted by Crippen LogP contribution is 2.18. The average molecular weight is 511 g/mol. The summed E-state index contributed by atoms with van der Waals surface area (Å²) in [5, 5.41) is 9.34. The Labute approximate surface area is 189 Å². The van der Waals surface area contributed by atoms with Gasteiger partial charge in [-0.25, -0.2) is 9.98 Å². The number of hydrogen-bond donors (Lipinski definition) is 3. The summed E-state index contributed by atoms with van der Waals surface area (Å²) in [7, 11) is 0. The number of aliphatic imine (C=N–C) groups is 1. The molecule has 3 rings (SSSR count). The van der Waals surface area contributed by atoms with Gasteiger partial charge in [-0.15, -0.1) is 24.0 Å². The number of rotatable bonds is 7. The predicted molar refractivity (Wildman–Crippen MR) is 125 cm³/mol. The molecule has 0 atom stereocenters. The van der Waals surface area contributed by atoms with Gasteiger partial charge in [0, 0.05) is 18.2 Å². The zero-order chi connectivity index (χ0) is 19.6. The Kier molecular flexibility index (Phi) is 9.96. The minimum absolute atomic E-state index is 0. The monoisotopic (exact) mass is 511 g/mol. The Balaban J connectivity index is 0.00000300. The zero-order valence-corrected chi connectivity index (χ0v) is 19.1. The second-order valence-electron chi connectivity index (χ2n) is 6.96. The quantitative estimate of drug-likeness (QED) is 0.301. The number of nitrogens with one attached hydrogen (secondary N) is 3. The second kappa shape index (κ2) is 12.5. The van der Waals surface area contributed by atoms with Gasteiger partial charge in [0.25, 0.3) is 0 Å². The van der Waals surface area contributed by atoms with Crippen LogP contribution >= 0.6 is 24.0 Å². The number of carbonyl (C=O) groups is 1. The Hall–Kier alpha value is -2.10. The summed E-state index contributed by atoms with van der Waals surface area (Å²) in [5.41, 5.74) is 1.67. The normalized spacial score (nSPS) is 14.7. The third-order valence-electron chi connectivity index (χ3n) is 4.70. The van der Waals surface area contributed by atoms with E-state index in [1.54, 1.807) is 6.26 Å². The molecular weight excluding hydrogens is 481 g/mol. The van der Waals surface area contributed by atoms with Crippen molar-refractivity contribution >= 4 is 35.8 Å². The number of benzene rings is 1. The molecule has 1 aromatic heterocycles. The summed E-state index contributed by atoms with van der Waals surface area (Å²) in [6.07, 6.45) is 7.45. The lowest BCUT2D eigenvalue weighted by Crippen LogP contribution is -2.46. The molecule has 1 aliphatic carbocycles. The summed E-state index contributed by atoms with van der Waals surface area (Å²) in [6.45, 7) is 3.28. The van der Waals surface area contributed by atoms with Crippen LogP contribution in [0.3, 0.4) is 0 Å². The molecule has 1 aromatic carbocycles. The zero-order valence-electron chi connectivity index (χ0n) is 16.8. The Morgan fingerprint density at radius 3 is 2.66 bits per heavy atom. The summed E-state index contributed by atoms with van der Waals surface area (Å²) in [5.74, 6) is 1.17. The van der Waals surface area contributed by atoms with E-state index in [2.05, 4.69) is 25.9 Å². The molecule has 158 valence electrons. The van der Waals surface area contributed by atoms with Crippen LogP contribution in [-0.2, 0) is 11.3 Å². The van der Waals surface area contributed by atoms with Crippen molar-refractivity contribution in [1.29, 1.82) is 0 Å². The van der Waals surface area contributed by atoms with Crippen LogP contribution in [0.4, 0.5) is 0 Å². The van der Waals surface area contributed by atoms with Crippen LogP contribution in [0.25, 0.3) is 11.5 Å². The van der Waals surface area contributed by atoms with Gasteiger partial charge in [-0.1, -0.05) is 37.5 Å². The van der Waals surface area contributed by atoms with E-state index in [9.17, 15) is 4.79 Å². The Bertz CT molecular complexity index is 772. The molecule has 1 fully saturated rings. The fourth-order valence-corrected chi connectivity index (χ4v) is 3.28. The smallest absolute Gasteiger partial charge is 0.239 e. The van der Waals surface area contributed by atoms with Gasteiger partial charge in [0.15, 0.2) is 5.96 Å². The molecule has 1 amide bonds. The highest BCUT2D eigenvalue weighted by molar-refractivity contribution is 14.0. The van der Waals surface area contributed by atoms with Crippen molar-refractivity contribution < 1.29 is 9.21 Å². The maximum Gasteiger partial charge on any atom is 0.239 e. The summed E-state index contributed by atoms with van der Waals surface area (Å²) in [4.78, 5) is 21.1. The molecule has 7 nitrogen and oxygen atoms in total. The highest BCUT2D eigenvalue weighted by atomic mass is 127. The van der Waals surface area contributed by atoms with Crippen molar-refractivity contribution in [2.75, 3.05) is 13.1 Å². The molecule has 1 aliphatic rings. The molecule has 0 spiro atoms. The van der Waals surface area contributed by atoms with Crippen molar-refractivity contribution in [1.82, 2.24) is 20.9 Å². The van der Waals surface area contributed by atoms with E-state index in [0.717, 1.165) is 24.1 Å². The summed E-state index contributed by atoms with van der Waals surface area (Å²) >= 11 is 0. The fraction of sp³-hybridized carbons (Fsp3) is 0.476. The molecule has 0 saturated heterocycles. The second-order valence-corrected chi connectivity index (χ2v) is 6.96. The molecule has 1 saturated carbocycles. The van der Waals surface area contributed by atoms with E-state index in [1.165, 1.54) is 19.3 Å². The first kappa shape index (κ1) is 23.2. The van der Waals surface area contributed by atoms with Gasteiger partial charge >= 0.3 is 0 Å². The number of amides is 1. The molecule has 8 heteroatoms. The first-order chi connectivity index (χ1) is 13.7. The number of carbonyl (C=O) groups excluding carboxylic acids is 1. The molecule has 0 aliphatic heterocycles. The molecule has 0 unspecified atom stereocenters. The molecule has 29 heavy (non-hydrogen) atoms. The van der Waals surface area contributed by atoms with E-state index in [0.29, 0.717) is 31.0 Å². The van der Waals surface area contributed by atoms with Gasteiger partial charge in [-0.2, -0.15) is 0 Å². The van der Waals surface area contributed by atoms with Crippen molar-refractivity contribution in [3.05, 3.63) is 42.3 Å². The number of aromatic nitrogens is 1. The van der Waals surface area contributed by atoms with Crippen molar-refractivity contribution in [3.8, 4) is 11.5 Å². The Morgan fingerprint density at radius 1 is 1.17 bits per heavy atom. The van der Waals surface area contributed by atoms with E-state index in [-0.39, 0.29) is 36.4 Å². The lowest BCUT2D eigenvalue weighted by molar-refractivity contribution is -0.120. The van der Waals surface area contributed by atoms with Crippen molar-refractivity contribution in [3.63, 3.8) is 0 Å². The number of halogens is 1. The molecule has 1 heterocycles. The van der Waals surface area contributed by atoms with Crippen LogP contribution in [0.2, 0.25) is 0 Å². The van der Waals surface area contributed by atoms with Gasteiger partial charge in [0.05, 0.1) is 13.1 Å². The Morgan fingerprint density at radius 2 is 1.93 bits per heavy atom. The first-order valence-corrected chi connectivity index (χ1v) is 10.1. The maximum atomic E-state index is 12.2. The third-order valence-corrected chi connectivity index (χ3v) is 4.70. The number of oxazole rings is 1. The standard InChI is InChI=1S/C21H29N5O2.HI/c1-2-22-21(24-14-19(27)25-17-11-7-4-8-12-17)23-13-18-15-28-20(26-18)16-9-5-3-6-10-16;/h3,5-6,9-10,15,17H,2,4,7-8,11-14H2,1H3,(H,25,27)(H2,22,23,24);1H. The van der Waals surface area contributed by atoms with E-state index >= 15 is 0 Å². The average Bonchev–Trinajstić information content (AvgIpc) is 3.20. The molecule has 2 aromatic rings. The first-order valence-electron chi connectivity index (χ1n) is 10.1. The van der Waals surface area contributed by atoms with E-state index in [1.807, 2.05) is 37.3 Å². The molecule has 3 N–H and O–H groups in total. The van der Waals surface area contributed by atoms with Crippen molar-refractivity contribution in [2.24, 2.45) is 4.99 Å². The minimum Gasteiger partial charge on any atom is -0.444 e. The molecule has 0 radical (unpaired) electrons. The largest absolute Gasteiger partial charge is 0.444 e. The number of hydrogen-bond acceptors (Lipinski definition) is 4. The molecule has 0 bridgehead atoms. The van der Waals surface area contributed by atoms with Crippen molar-refractivity contribution in [2.45, 2.75) is 51.6 Å². The van der Waals surface area contributed by atoms with Crippen LogP contribution in [0.15, 0.2) is 46.0 Å². The topological polar surface area (TPSA) is 91.6 Å². The lowest BCUT2D eigenvalue weighted by Gasteiger charge is -2.23. The number of nitrogens with zero attached hydrogens (tertiary/aromatic N) is 2. The van der Waals surface area contributed by atoms with Gasteiger partial charge in [-0.3, -0.25) is 4.79 Å². The highest BCUT2D eigenvalue weighted by Gasteiger charge is 2.15. The van der Waals surface area contributed by atoms with Gasteiger partial charge in [0.2, 0.25) is 11.8 Å². The van der Waals surface area contributed by atoms with Crippen LogP contribution < -0.4 is 16.0 Å². The van der Waals surface area contributed by atoms with Gasteiger partial charge in [0.1, 0.15) is 12.0 Å². The van der Waals surface area contributed by atoms with Crippen LogP contribution in [0.1, 0.15) is 44.7 Å². The minimum atomic E-state index is 0. The van der Waals surface area contributed by atoms with E-state index in [4.69, 9.17) is 4.42 Å². The van der Waals surface area contributed by atoms with Crippen LogP contribution in [-0.4, -0.2) is 36.0 Å². The van der Waals surface area contributed by atoms with Gasteiger partial charge < -0.3 is 20.4 Å². The predicted octanol–water partition coefficient (Wildman–Crippen LogP) is 3.46. The third kappa shape index (κ3) is 7.68.